The Labute approximate surface area is 138 Å². The van der Waals surface area contributed by atoms with Crippen LogP contribution in [-0.2, 0) is 4.74 Å². The zero-order chi connectivity index (χ0) is 17.2. The van der Waals surface area contributed by atoms with Gasteiger partial charge in [0, 0.05) is 38.0 Å². The molecule has 0 unspecified atom stereocenters. The second-order valence-corrected chi connectivity index (χ2v) is 5.85. The molecule has 2 N–H and O–H groups in total. The molecule has 1 aliphatic heterocycles. The lowest BCUT2D eigenvalue weighted by atomic mass is 9.94. The van der Waals surface area contributed by atoms with Crippen LogP contribution < -0.4 is 15.7 Å². The van der Waals surface area contributed by atoms with Gasteiger partial charge in [0.15, 0.2) is 11.3 Å². The van der Waals surface area contributed by atoms with Gasteiger partial charge in [-0.05, 0) is 12.1 Å². The van der Waals surface area contributed by atoms with E-state index in [9.17, 15) is 14.7 Å². The Balaban J connectivity index is 1.82. The van der Waals surface area contributed by atoms with E-state index < -0.39 is 17.1 Å². The topological polar surface area (TPSA) is 98.0 Å². The van der Waals surface area contributed by atoms with Crippen molar-refractivity contribution in [3.8, 4) is 5.75 Å². The zero-order valence-electron chi connectivity index (χ0n) is 13.3. The smallest absolute Gasteiger partial charge is 0.349 e. The SMILES string of the molecule is COc1cccc2cc(C(=O)NCC3(O)CCOCC3)c(=O)oc12. The fourth-order valence-electron chi connectivity index (χ4n) is 2.70. The van der Waals surface area contributed by atoms with Crippen molar-refractivity contribution in [2.75, 3.05) is 26.9 Å². The van der Waals surface area contributed by atoms with Crippen molar-refractivity contribution in [1.82, 2.24) is 5.32 Å². The number of ether oxygens (including phenoxy) is 2. The Morgan fingerprint density at radius 2 is 2.12 bits per heavy atom. The van der Waals surface area contributed by atoms with E-state index in [-0.39, 0.29) is 12.1 Å². The van der Waals surface area contributed by atoms with Gasteiger partial charge in [0.05, 0.1) is 12.7 Å². The summed E-state index contributed by atoms with van der Waals surface area (Å²) in [5.74, 6) is -0.151. The number of hydrogen-bond acceptors (Lipinski definition) is 6. The molecule has 1 saturated heterocycles. The molecule has 7 heteroatoms. The molecule has 0 radical (unpaired) electrons. The van der Waals surface area contributed by atoms with E-state index in [1.54, 1.807) is 18.2 Å². The molecule has 1 aliphatic rings. The second-order valence-electron chi connectivity index (χ2n) is 5.85. The normalized spacial score (nSPS) is 16.8. The summed E-state index contributed by atoms with van der Waals surface area (Å²) >= 11 is 0. The summed E-state index contributed by atoms with van der Waals surface area (Å²) in [5, 5.41) is 13.6. The first-order valence-corrected chi connectivity index (χ1v) is 7.72. The molecule has 0 bridgehead atoms. The highest BCUT2D eigenvalue weighted by Gasteiger charge is 2.30. The van der Waals surface area contributed by atoms with Crippen LogP contribution in [0.15, 0.2) is 33.5 Å². The van der Waals surface area contributed by atoms with Crippen LogP contribution >= 0.6 is 0 Å². The molecule has 7 nitrogen and oxygen atoms in total. The molecule has 3 rings (SSSR count). The molecule has 0 aliphatic carbocycles. The van der Waals surface area contributed by atoms with Crippen LogP contribution in [0.4, 0.5) is 0 Å². The van der Waals surface area contributed by atoms with Crippen molar-refractivity contribution in [1.29, 1.82) is 0 Å². The predicted octanol–water partition coefficient (Wildman–Crippen LogP) is 1.07. The van der Waals surface area contributed by atoms with Gasteiger partial charge < -0.3 is 24.3 Å². The lowest BCUT2D eigenvalue weighted by Gasteiger charge is -2.31. The van der Waals surface area contributed by atoms with Crippen molar-refractivity contribution in [3.05, 3.63) is 40.2 Å². The van der Waals surface area contributed by atoms with Gasteiger partial charge in [0.25, 0.3) is 5.91 Å². The van der Waals surface area contributed by atoms with Crippen molar-refractivity contribution in [2.45, 2.75) is 18.4 Å². The number of para-hydroxylation sites is 1. The number of methoxy groups -OCH3 is 1. The van der Waals surface area contributed by atoms with E-state index in [1.165, 1.54) is 13.2 Å². The number of benzene rings is 1. The van der Waals surface area contributed by atoms with Crippen molar-refractivity contribution in [3.63, 3.8) is 0 Å². The third kappa shape index (κ3) is 3.27. The Bertz CT molecular complexity index is 806. The van der Waals surface area contributed by atoms with Gasteiger partial charge in [-0.1, -0.05) is 12.1 Å². The number of carbonyl (C=O) groups excluding carboxylic acids is 1. The summed E-state index contributed by atoms with van der Waals surface area (Å²) in [7, 11) is 1.48. The van der Waals surface area contributed by atoms with E-state index in [2.05, 4.69) is 5.32 Å². The Kier molecular flexibility index (Phi) is 4.55. The molecule has 1 aromatic carbocycles. The van der Waals surface area contributed by atoms with Gasteiger partial charge in [0.2, 0.25) is 0 Å². The minimum Gasteiger partial charge on any atom is -0.493 e. The number of amides is 1. The van der Waals surface area contributed by atoms with E-state index >= 15 is 0 Å². The van der Waals surface area contributed by atoms with Crippen LogP contribution in [0.25, 0.3) is 11.0 Å². The summed E-state index contributed by atoms with van der Waals surface area (Å²) in [6, 6.07) is 6.61. The van der Waals surface area contributed by atoms with Crippen LogP contribution in [-0.4, -0.2) is 43.5 Å². The highest BCUT2D eigenvalue weighted by Crippen LogP contribution is 2.24. The molecule has 0 atom stereocenters. The molecular formula is C17H19NO6. The zero-order valence-corrected chi connectivity index (χ0v) is 13.3. The molecule has 1 aromatic heterocycles. The molecule has 2 heterocycles. The third-order valence-corrected chi connectivity index (χ3v) is 4.19. The molecule has 0 spiro atoms. The number of carbonyl (C=O) groups is 1. The van der Waals surface area contributed by atoms with Gasteiger partial charge in [-0.25, -0.2) is 4.79 Å². The number of nitrogens with one attached hydrogen (secondary N) is 1. The summed E-state index contributed by atoms with van der Waals surface area (Å²) in [6.45, 7) is 0.958. The third-order valence-electron chi connectivity index (χ3n) is 4.19. The predicted molar refractivity (Wildman–Crippen MR) is 86.4 cm³/mol. The molecule has 24 heavy (non-hydrogen) atoms. The molecular weight excluding hydrogens is 314 g/mol. The number of fused-ring (bicyclic) bond motifs is 1. The van der Waals surface area contributed by atoms with Crippen LogP contribution in [0.3, 0.4) is 0 Å². The minimum absolute atomic E-state index is 0.0603. The lowest BCUT2D eigenvalue weighted by molar-refractivity contribution is -0.0605. The summed E-state index contributed by atoms with van der Waals surface area (Å²) in [5.41, 5.74) is -1.56. The van der Waals surface area contributed by atoms with Gasteiger partial charge in [-0.3, -0.25) is 4.79 Å². The summed E-state index contributed by atoms with van der Waals surface area (Å²) in [4.78, 5) is 24.4. The molecule has 1 amide bonds. The highest BCUT2D eigenvalue weighted by atomic mass is 16.5. The number of aliphatic hydroxyl groups is 1. The highest BCUT2D eigenvalue weighted by molar-refractivity contribution is 5.97. The maximum atomic E-state index is 12.3. The first kappa shape index (κ1) is 16.5. The molecule has 2 aromatic rings. The largest absolute Gasteiger partial charge is 0.493 e. The van der Waals surface area contributed by atoms with Gasteiger partial charge >= 0.3 is 5.63 Å². The quantitative estimate of drug-likeness (QED) is 0.812. The molecule has 1 fully saturated rings. The average molecular weight is 333 g/mol. The monoisotopic (exact) mass is 333 g/mol. The Morgan fingerprint density at radius 1 is 1.38 bits per heavy atom. The maximum Gasteiger partial charge on any atom is 0.349 e. The fourth-order valence-corrected chi connectivity index (χ4v) is 2.70. The first-order chi connectivity index (χ1) is 11.5. The Morgan fingerprint density at radius 3 is 2.83 bits per heavy atom. The molecule has 128 valence electrons. The van der Waals surface area contributed by atoms with Crippen molar-refractivity contribution in [2.24, 2.45) is 0 Å². The lowest BCUT2D eigenvalue weighted by Crippen LogP contribution is -2.47. The maximum absolute atomic E-state index is 12.3. The summed E-state index contributed by atoms with van der Waals surface area (Å²) < 4.78 is 15.6. The van der Waals surface area contributed by atoms with Gasteiger partial charge in [0.1, 0.15) is 5.56 Å². The van der Waals surface area contributed by atoms with Crippen molar-refractivity contribution >= 4 is 16.9 Å². The van der Waals surface area contributed by atoms with Crippen LogP contribution in [0.1, 0.15) is 23.2 Å². The van der Waals surface area contributed by atoms with E-state index in [4.69, 9.17) is 13.9 Å². The molecule has 0 saturated carbocycles. The van der Waals surface area contributed by atoms with E-state index in [0.717, 1.165) is 0 Å². The van der Waals surface area contributed by atoms with Crippen molar-refractivity contribution < 1.29 is 23.8 Å². The van der Waals surface area contributed by atoms with Gasteiger partial charge in [-0.2, -0.15) is 0 Å². The minimum atomic E-state index is -1.01. The van der Waals surface area contributed by atoms with Crippen LogP contribution in [0.5, 0.6) is 5.75 Å². The van der Waals surface area contributed by atoms with E-state index in [0.29, 0.717) is 42.8 Å². The number of rotatable bonds is 4. The second kappa shape index (κ2) is 6.62. The standard InChI is InChI=1S/C17H19NO6/c1-22-13-4-2-3-11-9-12(16(20)24-14(11)13)15(19)18-10-17(21)5-7-23-8-6-17/h2-4,9,21H,5-8,10H2,1H3,(H,18,19). The van der Waals surface area contributed by atoms with E-state index in [1.807, 2.05) is 0 Å². The van der Waals surface area contributed by atoms with Gasteiger partial charge in [-0.15, -0.1) is 0 Å². The number of hydrogen-bond donors (Lipinski definition) is 2. The average Bonchev–Trinajstić information content (AvgIpc) is 2.59. The fraction of sp³-hybridized carbons (Fsp3) is 0.412. The first-order valence-electron chi connectivity index (χ1n) is 7.72. The van der Waals surface area contributed by atoms with Crippen LogP contribution in [0.2, 0.25) is 0 Å². The van der Waals surface area contributed by atoms with Crippen LogP contribution in [0, 0.1) is 0 Å². The summed E-state index contributed by atoms with van der Waals surface area (Å²) in [6.07, 6.45) is 0.883. The Hall–Kier alpha value is -2.38.